The first-order chi connectivity index (χ1) is 13.8. The van der Waals surface area contributed by atoms with Crippen LogP contribution in [-0.4, -0.2) is 24.6 Å². The van der Waals surface area contributed by atoms with E-state index >= 15 is 0 Å². The lowest BCUT2D eigenvalue weighted by Crippen LogP contribution is -2.26. The smallest absolute Gasteiger partial charge is 0.119 e. The molecule has 1 aromatic rings. The lowest BCUT2D eigenvalue weighted by molar-refractivity contribution is -0.00786. The highest BCUT2D eigenvalue weighted by Gasteiger charge is 2.25. The molecule has 2 saturated carbocycles. The Kier molecular flexibility index (Phi) is 9.67. The van der Waals surface area contributed by atoms with Crippen molar-refractivity contribution in [3.63, 3.8) is 0 Å². The maximum Gasteiger partial charge on any atom is 0.119 e. The third kappa shape index (κ3) is 7.06. The van der Waals surface area contributed by atoms with E-state index in [0.717, 1.165) is 48.5 Å². The van der Waals surface area contributed by atoms with E-state index in [0.29, 0.717) is 6.10 Å². The summed E-state index contributed by atoms with van der Waals surface area (Å²) < 4.78 is 12.1. The number of rotatable bonds is 10. The molecular formula is C25H39BrO2. The van der Waals surface area contributed by atoms with Crippen molar-refractivity contribution in [1.82, 2.24) is 0 Å². The average Bonchev–Trinajstić information content (AvgIpc) is 2.75. The first-order valence-electron chi connectivity index (χ1n) is 11.7. The lowest BCUT2D eigenvalue weighted by Gasteiger charge is -2.32. The van der Waals surface area contributed by atoms with Crippen LogP contribution in [0.15, 0.2) is 24.3 Å². The van der Waals surface area contributed by atoms with Crippen molar-refractivity contribution in [3.8, 4) is 5.75 Å². The summed E-state index contributed by atoms with van der Waals surface area (Å²) in [5, 5.41) is 1.15. The van der Waals surface area contributed by atoms with E-state index in [-0.39, 0.29) is 0 Å². The monoisotopic (exact) mass is 450 g/mol. The van der Waals surface area contributed by atoms with Crippen molar-refractivity contribution in [2.45, 2.75) is 89.6 Å². The number of halogens is 1. The van der Waals surface area contributed by atoms with Crippen LogP contribution in [0.2, 0.25) is 0 Å². The fourth-order valence-corrected chi connectivity index (χ4v) is 5.49. The standard InChI is InChI=1S/C25H39BrO2/c1-2-3-18-27-24-14-10-23(11-15-24)22-8-4-21(5-9-22)19-28-25-12-6-20(7-13-25)16-17-26/h10-11,14-15,20-22,25H,2-9,12-13,16-19H2,1H3. The van der Waals surface area contributed by atoms with Gasteiger partial charge in [0.15, 0.2) is 0 Å². The average molecular weight is 451 g/mol. The Morgan fingerprint density at radius 2 is 1.57 bits per heavy atom. The van der Waals surface area contributed by atoms with Gasteiger partial charge < -0.3 is 9.47 Å². The summed E-state index contributed by atoms with van der Waals surface area (Å²) in [5.41, 5.74) is 1.49. The molecule has 0 spiro atoms. The van der Waals surface area contributed by atoms with Gasteiger partial charge in [0.05, 0.1) is 12.7 Å². The molecule has 0 aliphatic heterocycles. The third-order valence-corrected chi connectivity index (χ3v) is 7.30. The van der Waals surface area contributed by atoms with E-state index in [9.17, 15) is 0 Å². The summed E-state index contributed by atoms with van der Waals surface area (Å²) in [6, 6.07) is 8.89. The predicted octanol–water partition coefficient (Wildman–Crippen LogP) is 7.50. The first-order valence-corrected chi connectivity index (χ1v) is 12.8. The van der Waals surface area contributed by atoms with Crippen molar-refractivity contribution in [2.75, 3.05) is 18.5 Å². The summed E-state index contributed by atoms with van der Waals surface area (Å²) in [7, 11) is 0. The molecule has 3 heteroatoms. The molecular weight excluding hydrogens is 412 g/mol. The minimum atomic E-state index is 0.532. The van der Waals surface area contributed by atoms with Gasteiger partial charge in [-0.2, -0.15) is 0 Å². The summed E-state index contributed by atoms with van der Waals surface area (Å²) in [5.74, 6) is 3.44. The van der Waals surface area contributed by atoms with E-state index in [1.54, 1.807) is 0 Å². The number of hydrogen-bond acceptors (Lipinski definition) is 2. The second-order valence-electron chi connectivity index (χ2n) is 8.94. The van der Waals surface area contributed by atoms with Crippen LogP contribution in [0.5, 0.6) is 5.75 Å². The molecule has 2 nitrogen and oxygen atoms in total. The number of alkyl halides is 1. The van der Waals surface area contributed by atoms with Gasteiger partial charge in [0.25, 0.3) is 0 Å². The van der Waals surface area contributed by atoms with E-state index in [1.807, 2.05) is 0 Å². The Morgan fingerprint density at radius 1 is 0.893 bits per heavy atom. The highest BCUT2D eigenvalue weighted by atomic mass is 79.9. The number of unbranched alkanes of at least 4 members (excludes halogenated alkanes) is 1. The van der Waals surface area contributed by atoms with Gasteiger partial charge in [-0.3, -0.25) is 0 Å². The molecule has 158 valence electrons. The molecule has 0 radical (unpaired) electrons. The topological polar surface area (TPSA) is 18.5 Å². The SMILES string of the molecule is CCCCOc1ccc(C2CCC(COC3CCC(CCBr)CC3)CC2)cc1. The van der Waals surface area contributed by atoms with Crippen LogP contribution >= 0.6 is 15.9 Å². The molecule has 2 aliphatic carbocycles. The van der Waals surface area contributed by atoms with Crippen LogP contribution in [0.25, 0.3) is 0 Å². The van der Waals surface area contributed by atoms with Crippen molar-refractivity contribution >= 4 is 15.9 Å². The number of benzene rings is 1. The van der Waals surface area contributed by atoms with Crippen molar-refractivity contribution in [2.24, 2.45) is 11.8 Å². The Hall–Kier alpha value is -0.540. The number of hydrogen-bond donors (Lipinski definition) is 0. The van der Waals surface area contributed by atoms with E-state index in [2.05, 4.69) is 47.1 Å². The molecule has 2 aliphatic rings. The lowest BCUT2D eigenvalue weighted by atomic mass is 9.79. The van der Waals surface area contributed by atoms with Crippen LogP contribution in [0, 0.1) is 11.8 Å². The molecule has 28 heavy (non-hydrogen) atoms. The minimum Gasteiger partial charge on any atom is -0.494 e. The van der Waals surface area contributed by atoms with Crippen LogP contribution in [0.4, 0.5) is 0 Å². The summed E-state index contributed by atoms with van der Waals surface area (Å²) in [6.07, 6.45) is 14.7. The van der Waals surface area contributed by atoms with Gasteiger partial charge in [-0.25, -0.2) is 0 Å². The maximum atomic E-state index is 6.32. The van der Waals surface area contributed by atoms with Crippen LogP contribution in [-0.2, 0) is 4.74 Å². The van der Waals surface area contributed by atoms with Crippen molar-refractivity contribution < 1.29 is 9.47 Å². The van der Waals surface area contributed by atoms with Gasteiger partial charge in [-0.05, 0) is 99.7 Å². The molecule has 0 bridgehead atoms. The van der Waals surface area contributed by atoms with Gasteiger partial charge in [0.1, 0.15) is 5.75 Å². The fourth-order valence-electron chi connectivity index (χ4n) is 4.85. The Labute approximate surface area is 180 Å². The van der Waals surface area contributed by atoms with Gasteiger partial charge in [0.2, 0.25) is 0 Å². The second kappa shape index (κ2) is 12.2. The van der Waals surface area contributed by atoms with Gasteiger partial charge in [-0.15, -0.1) is 0 Å². The van der Waals surface area contributed by atoms with Crippen LogP contribution < -0.4 is 4.74 Å². The summed E-state index contributed by atoms with van der Waals surface area (Å²) in [6.45, 7) is 4.02. The van der Waals surface area contributed by atoms with Gasteiger partial charge in [-0.1, -0.05) is 41.4 Å². The molecule has 0 amide bonds. The third-order valence-electron chi connectivity index (χ3n) is 6.84. The molecule has 0 saturated heterocycles. The zero-order valence-corrected chi connectivity index (χ0v) is 19.3. The zero-order valence-electron chi connectivity index (χ0n) is 17.7. The molecule has 2 fully saturated rings. The second-order valence-corrected chi connectivity index (χ2v) is 9.74. The zero-order chi connectivity index (χ0) is 19.6. The Morgan fingerprint density at radius 3 is 2.21 bits per heavy atom. The quantitative estimate of drug-likeness (QED) is 0.271. The maximum absolute atomic E-state index is 6.32. The highest BCUT2D eigenvalue weighted by molar-refractivity contribution is 9.09. The molecule has 0 N–H and O–H groups in total. The summed E-state index contributed by atoms with van der Waals surface area (Å²) in [4.78, 5) is 0. The summed E-state index contributed by atoms with van der Waals surface area (Å²) >= 11 is 3.58. The van der Waals surface area contributed by atoms with Gasteiger partial charge >= 0.3 is 0 Å². The van der Waals surface area contributed by atoms with E-state index < -0.39 is 0 Å². The Bertz CT molecular complexity index is 528. The van der Waals surface area contributed by atoms with Crippen LogP contribution in [0.1, 0.15) is 89.0 Å². The Balaban J connectivity index is 1.33. The van der Waals surface area contributed by atoms with Gasteiger partial charge in [0, 0.05) is 11.9 Å². The molecule has 3 rings (SSSR count). The van der Waals surface area contributed by atoms with Crippen molar-refractivity contribution in [3.05, 3.63) is 29.8 Å². The largest absolute Gasteiger partial charge is 0.494 e. The number of ether oxygens (including phenoxy) is 2. The van der Waals surface area contributed by atoms with Crippen molar-refractivity contribution in [1.29, 1.82) is 0 Å². The minimum absolute atomic E-state index is 0.532. The molecule has 0 atom stereocenters. The highest BCUT2D eigenvalue weighted by Crippen LogP contribution is 2.37. The molecule has 0 heterocycles. The first kappa shape index (κ1) is 22.2. The molecule has 1 aromatic carbocycles. The fraction of sp³-hybridized carbons (Fsp3) is 0.760. The molecule has 0 unspecified atom stereocenters. The van der Waals surface area contributed by atoms with E-state index in [1.165, 1.54) is 69.8 Å². The van der Waals surface area contributed by atoms with Crippen LogP contribution in [0.3, 0.4) is 0 Å². The van der Waals surface area contributed by atoms with E-state index in [4.69, 9.17) is 9.47 Å². The molecule has 0 aromatic heterocycles. The predicted molar refractivity (Wildman–Crippen MR) is 122 cm³/mol. The normalized spacial score (nSPS) is 28.2.